The van der Waals surface area contributed by atoms with Crippen LogP contribution in [0.1, 0.15) is 44.6 Å². The van der Waals surface area contributed by atoms with Gasteiger partial charge < -0.3 is 10.2 Å². The van der Waals surface area contributed by atoms with E-state index in [-0.39, 0.29) is 29.1 Å². The molecular weight excluding hydrogens is 605 g/mol. The highest BCUT2D eigenvalue weighted by atomic mass is 35.5. The molecule has 1 aliphatic rings. The number of sulfonamides is 1. The maximum Gasteiger partial charge on any atom is 0.264 e. The van der Waals surface area contributed by atoms with Crippen LogP contribution < -0.4 is 9.62 Å². The minimum Gasteiger partial charge on any atom is -0.352 e. The van der Waals surface area contributed by atoms with Gasteiger partial charge in [0.05, 0.1) is 10.6 Å². The fraction of sp³-hybridized carbons (Fsp3) is 0.333. The summed E-state index contributed by atoms with van der Waals surface area (Å²) in [7, 11) is -4.17. The summed E-state index contributed by atoms with van der Waals surface area (Å²) in [5.41, 5.74) is 0.728. The summed E-state index contributed by atoms with van der Waals surface area (Å²) >= 11 is 19.0. The Morgan fingerprint density at radius 3 is 2.10 bits per heavy atom. The van der Waals surface area contributed by atoms with E-state index < -0.39 is 28.5 Å². The van der Waals surface area contributed by atoms with Crippen molar-refractivity contribution >= 4 is 62.3 Å². The molecule has 1 fully saturated rings. The first-order chi connectivity index (χ1) is 19.6. The molecule has 0 aromatic heterocycles. The number of anilines is 1. The minimum absolute atomic E-state index is 0.0227. The number of carbonyl (C=O) groups excluding carboxylic acids is 2. The van der Waals surface area contributed by atoms with Gasteiger partial charge in [-0.2, -0.15) is 0 Å². The molecule has 1 unspecified atom stereocenters. The SMILES string of the molecule is CCC(C(=O)NC1CCCC1)N(Cc1c(Cl)cccc1Cl)C(=O)CN(c1ccc(Cl)cc1)S(=O)(=O)c1ccccc1. The second-order valence-corrected chi connectivity index (χ2v) is 13.1. The van der Waals surface area contributed by atoms with Gasteiger partial charge in [-0.05, 0) is 67.8 Å². The molecule has 3 aromatic rings. The molecule has 0 saturated heterocycles. The van der Waals surface area contributed by atoms with Crippen LogP contribution in [-0.4, -0.2) is 43.8 Å². The fourth-order valence-corrected chi connectivity index (χ4v) is 7.07. The van der Waals surface area contributed by atoms with E-state index in [1.807, 2.05) is 6.92 Å². The highest BCUT2D eigenvalue weighted by Gasteiger charge is 2.35. The predicted molar refractivity (Wildman–Crippen MR) is 164 cm³/mol. The summed E-state index contributed by atoms with van der Waals surface area (Å²) < 4.78 is 28.7. The van der Waals surface area contributed by atoms with E-state index in [0.717, 1.165) is 30.0 Å². The van der Waals surface area contributed by atoms with Crippen LogP contribution in [0, 0.1) is 0 Å². The fourth-order valence-electron chi connectivity index (χ4n) is 5.00. The van der Waals surface area contributed by atoms with Gasteiger partial charge in [-0.1, -0.05) is 78.8 Å². The van der Waals surface area contributed by atoms with E-state index in [1.165, 1.54) is 29.2 Å². The third kappa shape index (κ3) is 7.55. The smallest absolute Gasteiger partial charge is 0.264 e. The molecule has 7 nitrogen and oxygen atoms in total. The average molecular weight is 637 g/mol. The van der Waals surface area contributed by atoms with Gasteiger partial charge in [0.25, 0.3) is 10.0 Å². The molecule has 218 valence electrons. The Hall–Kier alpha value is -2.78. The van der Waals surface area contributed by atoms with Crippen LogP contribution in [0.3, 0.4) is 0 Å². The molecule has 41 heavy (non-hydrogen) atoms. The Morgan fingerprint density at radius 2 is 1.51 bits per heavy atom. The molecule has 1 saturated carbocycles. The lowest BCUT2D eigenvalue weighted by atomic mass is 10.1. The zero-order chi connectivity index (χ0) is 29.6. The monoisotopic (exact) mass is 635 g/mol. The number of halogens is 3. The van der Waals surface area contributed by atoms with Gasteiger partial charge in [-0.3, -0.25) is 13.9 Å². The second-order valence-electron chi connectivity index (χ2n) is 9.94. The molecular formula is C30H32Cl3N3O4S. The molecule has 0 aliphatic heterocycles. The maximum absolute atomic E-state index is 14.2. The molecule has 3 aromatic carbocycles. The standard InChI is InChI=1S/C30H32Cl3N3O4S/c1-2-28(30(38)34-22-9-6-7-10-22)35(19-25-26(32)13-8-14-27(25)33)29(37)20-36(23-17-15-21(31)16-18-23)41(39,40)24-11-4-3-5-12-24/h3-5,8,11-18,22,28H,2,6-7,9-10,19-20H2,1H3,(H,34,38). The van der Waals surface area contributed by atoms with Crippen LogP contribution in [0.2, 0.25) is 15.1 Å². The maximum atomic E-state index is 14.2. The quantitative estimate of drug-likeness (QED) is 0.254. The number of hydrogen-bond donors (Lipinski definition) is 1. The van der Waals surface area contributed by atoms with Gasteiger partial charge in [0.15, 0.2) is 0 Å². The highest BCUT2D eigenvalue weighted by molar-refractivity contribution is 7.92. The zero-order valence-corrected chi connectivity index (χ0v) is 25.7. The highest BCUT2D eigenvalue weighted by Crippen LogP contribution is 2.29. The Morgan fingerprint density at radius 1 is 0.902 bits per heavy atom. The summed E-state index contributed by atoms with van der Waals surface area (Å²) in [5.74, 6) is -0.872. The first-order valence-electron chi connectivity index (χ1n) is 13.5. The van der Waals surface area contributed by atoms with Gasteiger partial charge in [-0.15, -0.1) is 0 Å². The van der Waals surface area contributed by atoms with E-state index in [4.69, 9.17) is 34.8 Å². The van der Waals surface area contributed by atoms with Crippen LogP contribution in [0.25, 0.3) is 0 Å². The zero-order valence-electron chi connectivity index (χ0n) is 22.6. The van der Waals surface area contributed by atoms with Crippen LogP contribution in [0.5, 0.6) is 0 Å². The number of hydrogen-bond acceptors (Lipinski definition) is 4. The number of rotatable bonds is 11. The van der Waals surface area contributed by atoms with Crippen LogP contribution in [0.4, 0.5) is 5.69 Å². The Labute approximate surface area is 256 Å². The number of nitrogens with zero attached hydrogens (tertiary/aromatic N) is 2. The van der Waals surface area contributed by atoms with E-state index in [2.05, 4.69) is 5.32 Å². The number of nitrogens with one attached hydrogen (secondary N) is 1. The molecule has 2 amide bonds. The van der Waals surface area contributed by atoms with E-state index in [1.54, 1.807) is 48.5 Å². The van der Waals surface area contributed by atoms with Crippen LogP contribution in [-0.2, 0) is 26.2 Å². The topological polar surface area (TPSA) is 86.8 Å². The summed E-state index contributed by atoms with van der Waals surface area (Å²) in [6.45, 7) is 1.17. The normalized spacial score (nSPS) is 14.4. The summed E-state index contributed by atoms with van der Waals surface area (Å²) in [6.07, 6.45) is 4.14. The summed E-state index contributed by atoms with van der Waals surface area (Å²) in [4.78, 5) is 29.1. The molecule has 0 bridgehead atoms. The summed E-state index contributed by atoms with van der Waals surface area (Å²) in [6, 6.07) is 18.2. The van der Waals surface area contributed by atoms with Crippen LogP contribution in [0.15, 0.2) is 77.7 Å². The van der Waals surface area contributed by atoms with Gasteiger partial charge in [0.2, 0.25) is 11.8 Å². The van der Waals surface area contributed by atoms with Crippen molar-refractivity contribution in [3.05, 3.63) is 93.4 Å². The lowest BCUT2D eigenvalue weighted by molar-refractivity contribution is -0.140. The third-order valence-corrected chi connectivity index (χ3v) is 9.95. The minimum atomic E-state index is -4.17. The molecule has 0 spiro atoms. The van der Waals surface area contributed by atoms with Gasteiger partial charge >= 0.3 is 0 Å². The van der Waals surface area contributed by atoms with Gasteiger partial charge in [0.1, 0.15) is 12.6 Å². The average Bonchev–Trinajstić information content (AvgIpc) is 3.47. The van der Waals surface area contributed by atoms with Crippen molar-refractivity contribution in [1.82, 2.24) is 10.2 Å². The summed E-state index contributed by atoms with van der Waals surface area (Å²) in [5, 5.41) is 4.18. The van der Waals surface area contributed by atoms with E-state index >= 15 is 0 Å². The Kier molecular flexibility index (Phi) is 10.6. The molecule has 11 heteroatoms. The molecule has 1 atom stereocenters. The number of carbonyl (C=O) groups is 2. The second kappa shape index (κ2) is 13.9. The van der Waals surface area contributed by atoms with Gasteiger partial charge in [-0.25, -0.2) is 8.42 Å². The third-order valence-electron chi connectivity index (χ3n) is 7.20. The van der Waals surface area contributed by atoms with Crippen molar-refractivity contribution < 1.29 is 18.0 Å². The number of amides is 2. The van der Waals surface area contributed by atoms with Crippen molar-refractivity contribution in [3.63, 3.8) is 0 Å². The van der Waals surface area contributed by atoms with Crippen molar-refractivity contribution in [1.29, 1.82) is 0 Å². The molecule has 1 N–H and O–H groups in total. The van der Waals surface area contributed by atoms with E-state index in [0.29, 0.717) is 27.1 Å². The first-order valence-corrected chi connectivity index (χ1v) is 16.0. The predicted octanol–water partition coefficient (Wildman–Crippen LogP) is 6.71. The Bertz CT molecular complexity index is 1440. The molecule has 0 radical (unpaired) electrons. The lowest BCUT2D eigenvalue weighted by Gasteiger charge is -2.34. The molecule has 0 heterocycles. The first kappa shape index (κ1) is 31.2. The number of benzene rings is 3. The van der Waals surface area contributed by atoms with Crippen molar-refractivity contribution in [2.75, 3.05) is 10.8 Å². The van der Waals surface area contributed by atoms with Gasteiger partial charge in [0, 0.05) is 33.2 Å². The largest absolute Gasteiger partial charge is 0.352 e. The lowest BCUT2D eigenvalue weighted by Crippen LogP contribution is -2.53. The van der Waals surface area contributed by atoms with Crippen molar-refractivity contribution in [3.8, 4) is 0 Å². The molecule has 1 aliphatic carbocycles. The van der Waals surface area contributed by atoms with E-state index in [9.17, 15) is 18.0 Å². The van der Waals surface area contributed by atoms with Crippen molar-refractivity contribution in [2.45, 2.75) is 62.6 Å². The van der Waals surface area contributed by atoms with Crippen molar-refractivity contribution in [2.24, 2.45) is 0 Å². The molecule has 4 rings (SSSR count). The van der Waals surface area contributed by atoms with Crippen LogP contribution >= 0.6 is 34.8 Å². The Balaban J connectivity index is 1.73.